The molecule has 0 amide bonds. The summed E-state index contributed by atoms with van der Waals surface area (Å²) < 4.78 is 16.1. The Balaban J connectivity index is 2.20. The molecule has 0 bridgehead atoms. The van der Waals surface area contributed by atoms with Crippen LogP contribution in [0.4, 0.5) is 0 Å². The molecule has 2 N–H and O–H groups in total. The highest BCUT2D eigenvalue weighted by Crippen LogP contribution is 2.16. The van der Waals surface area contributed by atoms with Gasteiger partial charge < -0.3 is 19.9 Å². The summed E-state index contributed by atoms with van der Waals surface area (Å²) in [5.41, 5.74) is 8.10. The molecule has 0 saturated heterocycles. The molecule has 0 heterocycles. The van der Waals surface area contributed by atoms with Gasteiger partial charge in [0.1, 0.15) is 0 Å². The van der Waals surface area contributed by atoms with Crippen LogP contribution in [0.1, 0.15) is 23.7 Å². The van der Waals surface area contributed by atoms with Crippen molar-refractivity contribution >= 4 is 0 Å². The van der Waals surface area contributed by atoms with Gasteiger partial charge in [-0.05, 0) is 18.9 Å². The molecule has 4 nitrogen and oxygen atoms in total. The fourth-order valence-electron chi connectivity index (χ4n) is 1.74. The predicted octanol–water partition coefficient (Wildman–Crippen LogP) is 2.06. The van der Waals surface area contributed by atoms with E-state index in [-0.39, 0.29) is 6.10 Å². The quantitative estimate of drug-likeness (QED) is 0.659. The van der Waals surface area contributed by atoms with Crippen LogP contribution in [-0.2, 0) is 14.2 Å². The fraction of sp³-hybridized carbons (Fsp3) is 0.600. The van der Waals surface area contributed by atoms with Gasteiger partial charge in [0, 0.05) is 26.9 Å². The van der Waals surface area contributed by atoms with Crippen LogP contribution >= 0.6 is 0 Å². The number of methoxy groups -OCH3 is 1. The summed E-state index contributed by atoms with van der Waals surface area (Å²) in [5, 5.41) is 0. The summed E-state index contributed by atoms with van der Waals surface area (Å²) in [4.78, 5) is 0. The topological polar surface area (TPSA) is 53.7 Å². The first-order valence-electron chi connectivity index (χ1n) is 6.73. The average molecular weight is 267 g/mol. The number of ether oxygens (including phenoxy) is 3. The number of nitrogens with two attached hydrogens (primary N) is 1. The van der Waals surface area contributed by atoms with Crippen molar-refractivity contribution in [2.24, 2.45) is 5.73 Å². The molecule has 1 aromatic carbocycles. The van der Waals surface area contributed by atoms with E-state index in [1.807, 2.05) is 0 Å². The van der Waals surface area contributed by atoms with Gasteiger partial charge >= 0.3 is 0 Å². The van der Waals surface area contributed by atoms with Crippen molar-refractivity contribution in [2.75, 3.05) is 40.1 Å². The minimum absolute atomic E-state index is 0.0526. The van der Waals surface area contributed by atoms with Crippen LogP contribution in [0.15, 0.2) is 24.3 Å². The molecule has 0 saturated carbocycles. The first kappa shape index (κ1) is 16.1. The largest absolute Gasteiger partial charge is 0.385 e. The molecule has 108 valence electrons. The molecule has 0 aromatic heterocycles. The van der Waals surface area contributed by atoms with Crippen LogP contribution < -0.4 is 5.73 Å². The van der Waals surface area contributed by atoms with E-state index >= 15 is 0 Å². The Morgan fingerprint density at radius 3 is 2.42 bits per heavy atom. The molecule has 1 rings (SSSR count). The molecule has 0 fully saturated rings. The lowest BCUT2D eigenvalue weighted by atomic mass is 10.1. The molecule has 1 atom stereocenters. The van der Waals surface area contributed by atoms with Crippen LogP contribution in [0.3, 0.4) is 0 Å². The molecule has 0 aliphatic carbocycles. The zero-order valence-corrected chi connectivity index (χ0v) is 11.9. The van der Waals surface area contributed by atoms with E-state index in [2.05, 4.69) is 31.2 Å². The van der Waals surface area contributed by atoms with Crippen molar-refractivity contribution in [3.05, 3.63) is 35.4 Å². The molecular formula is C15H25NO3. The van der Waals surface area contributed by atoms with E-state index in [1.54, 1.807) is 7.11 Å². The SMILES string of the molecule is COCCCOCCOC(CN)c1ccc(C)cc1. The second-order valence-electron chi connectivity index (χ2n) is 4.46. The first-order chi connectivity index (χ1) is 9.27. The average Bonchev–Trinajstić information content (AvgIpc) is 2.43. The summed E-state index contributed by atoms with van der Waals surface area (Å²) in [6.07, 6.45) is 0.859. The van der Waals surface area contributed by atoms with E-state index in [0.717, 1.165) is 18.6 Å². The van der Waals surface area contributed by atoms with Gasteiger partial charge in [-0.1, -0.05) is 29.8 Å². The Morgan fingerprint density at radius 2 is 1.79 bits per heavy atom. The lowest BCUT2D eigenvalue weighted by Gasteiger charge is -2.16. The standard InChI is InChI=1S/C15H25NO3/c1-13-4-6-14(7-5-13)15(12-16)19-11-10-18-9-3-8-17-2/h4-7,15H,3,8-12,16H2,1-2H3. The van der Waals surface area contributed by atoms with Crippen molar-refractivity contribution < 1.29 is 14.2 Å². The van der Waals surface area contributed by atoms with E-state index < -0.39 is 0 Å². The van der Waals surface area contributed by atoms with E-state index in [9.17, 15) is 0 Å². The smallest absolute Gasteiger partial charge is 0.0948 e. The summed E-state index contributed by atoms with van der Waals surface area (Å²) in [6.45, 7) is 5.13. The van der Waals surface area contributed by atoms with Gasteiger partial charge in [-0.25, -0.2) is 0 Å². The third-order valence-electron chi connectivity index (χ3n) is 2.85. The number of aryl methyl sites for hydroxylation is 1. The lowest BCUT2D eigenvalue weighted by Crippen LogP contribution is -2.18. The number of rotatable bonds is 10. The van der Waals surface area contributed by atoms with E-state index in [4.69, 9.17) is 19.9 Å². The van der Waals surface area contributed by atoms with E-state index in [1.165, 1.54) is 5.56 Å². The first-order valence-corrected chi connectivity index (χ1v) is 6.73. The zero-order chi connectivity index (χ0) is 13.9. The minimum atomic E-state index is -0.0526. The Hall–Kier alpha value is -0.940. The Kier molecular flexibility index (Phi) is 8.41. The molecule has 1 unspecified atom stereocenters. The highest BCUT2D eigenvalue weighted by atomic mass is 16.5. The number of hydrogen-bond acceptors (Lipinski definition) is 4. The van der Waals surface area contributed by atoms with Crippen molar-refractivity contribution in [3.63, 3.8) is 0 Å². The van der Waals surface area contributed by atoms with Crippen LogP contribution in [-0.4, -0.2) is 40.1 Å². The normalized spacial score (nSPS) is 12.6. The van der Waals surface area contributed by atoms with Gasteiger partial charge in [-0.2, -0.15) is 0 Å². The molecule has 0 aliphatic heterocycles. The predicted molar refractivity (Wildman–Crippen MR) is 76.2 cm³/mol. The third kappa shape index (κ3) is 6.68. The van der Waals surface area contributed by atoms with Gasteiger partial charge in [-0.15, -0.1) is 0 Å². The minimum Gasteiger partial charge on any atom is -0.385 e. The molecule has 19 heavy (non-hydrogen) atoms. The maximum absolute atomic E-state index is 5.74. The second kappa shape index (κ2) is 9.92. The van der Waals surface area contributed by atoms with Gasteiger partial charge in [0.05, 0.1) is 19.3 Å². The maximum atomic E-state index is 5.74. The van der Waals surface area contributed by atoms with Crippen molar-refractivity contribution in [1.82, 2.24) is 0 Å². The maximum Gasteiger partial charge on any atom is 0.0948 e. The summed E-state index contributed by atoms with van der Waals surface area (Å²) in [7, 11) is 1.69. The molecular weight excluding hydrogens is 242 g/mol. The van der Waals surface area contributed by atoms with Gasteiger partial charge in [0.25, 0.3) is 0 Å². The lowest BCUT2D eigenvalue weighted by molar-refractivity contribution is 0.00389. The van der Waals surface area contributed by atoms with Crippen LogP contribution in [0.5, 0.6) is 0 Å². The van der Waals surface area contributed by atoms with Crippen molar-refractivity contribution in [2.45, 2.75) is 19.4 Å². The highest BCUT2D eigenvalue weighted by Gasteiger charge is 2.09. The van der Waals surface area contributed by atoms with Gasteiger partial charge in [0.2, 0.25) is 0 Å². The van der Waals surface area contributed by atoms with Gasteiger partial charge in [-0.3, -0.25) is 0 Å². The Morgan fingerprint density at radius 1 is 1.05 bits per heavy atom. The molecule has 0 aliphatic rings. The monoisotopic (exact) mass is 267 g/mol. The summed E-state index contributed by atoms with van der Waals surface area (Å²) in [6, 6.07) is 8.27. The Bertz CT molecular complexity index is 327. The molecule has 0 radical (unpaired) electrons. The van der Waals surface area contributed by atoms with Crippen LogP contribution in [0.25, 0.3) is 0 Å². The third-order valence-corrected chi connectivity index (χ3v) is 2.85. The van der Waals surface area contributed by atoms with Crippen LogP contribution in [0.2, 0.25) is 0 Å². The zero-order valence-electron chi connectivity index (χ0n) is 11.9. The molecule has 0 spiro atoms. The second-order valence-corrected chi connectivity index (χ2v) is 4.46. The van der Waals surface area contributed by atoms with Crippen LogP contribution in [0, 0.1) is 6.92 Å². The number of hydrogen-bond donors (Lipinski definition) is 1. The summed E-state index contributed by atoms with van der Waals surface area (Å²) in [5.74, 6) is 0. The van der Waals surface area contributed by atoms with Gasteiger partial charge in [0.15, 0.2) is 0 Å². The Labute approximate surface area is 115 Å². The van der Waals surface area contributed by atoms with Crippen molar-refractivity contribution in [3.8, 4) is 0 Å². The van der Waals surface area contributed by atoms with Crippen molar-refractivity contribution in [1.29, 1.82) is 0 Å². The number of benzene rings is 1. The molecule has 4 heteroatoms. The fourth-order valence-corrected chi connectivity index (χ4v) is 1.74. The highest BCUT2D eigenvalue weighted by molar-refractivity contribution is 5.23. The van der Waals surface area contributed by atoms with E-state index in [0.29, 0.717) is 26.4 Å². The summed E-state index contributed by atoms with van der Waals surface area (Å²) >= 11 is 0. The molecule has 1 aromatic rings.